The number of fused-ring (bicyclic) bond motifs is 1. The van der Waals surface area contributed by atoms with Crippen molar-refractivity contribution in [3.05, 3.63) is 32.8 Å². The molecule has 0 aromatic carbocycles. The predicted octanol–water partition coefficient (Wildman–Crippen LogP) is 3.75. The molecular weight excluding hydrogens is 316 g/mol. The van der Waals surface area contributed by atoms with Gasteiger partial charge in [-0.25, -0.2) is 9.97 Å². The quantitative estimate of drug-likeness (QED) is 0.856. The molecule has 6 heteroatoms. The number of thiazole rings is 1. The molecule has 0 unspecified atom stereocenters. The molecule has 1 fully saturated rings. The molecule has 2 aromatic heterocycles. The summed E-state index contributed by atoms with van der Waals surface area (Å²) in [6, 6.07) is 0.441. The van der Waals surface area contributed by atoms with Gasteiger partial charge in [0, 0.05) is 30.4 Å². The van der Waals surface area contributed by atoms with Gasteiger partial charge in [0.2, 0.25) is 0 Å². The molecule has 4 rings (SSSR count). The molecule has 22 heavy (non-hydrogen) atoms. The zero-order valence-electron chi connectivity index (χ0n) is 12.9. The van der Waals surface area contributed by atoms with Gasteiger partial charge in [-0.05, 0) is 45.1 Å². The fraction of sp³-hybridized carbons (Fsp3) is 0.625. The number of hydrogen-bond acceptors (Lipinski definition) is 4. The molecule has 3 heterocycles. The molecule has 0 amide bonds. The van der Waals surface area contributed by atoms with E-state index in [1.165, 1.54) is 54.2 Å². The summed E-state index contributed by atoms with van der Waals surface area (Å²) in [6.45, 7) is 2.07. The molecule has 2 aromatic rings. The molecule has 0 saturated carbocycles. The van der Waals surface area contributed by atoms with Crippen LogP contribution in [0.5, 0.6) is 0 Å². The van der Waals surface area contributed by atoms with E-state index in [4.69, 9.17) is 16.6 Å². The second kappa shape index (κ2) is 5.95. The molecule has 1 aliphatic heterocycles. The Morgan fingerprint density at radius 1 is 1.32 bits per heavy atom. The van der Waals surface area contributed by atoms with Gasteiger partial charge in [0.15, 0.2) is 4.47 Å². The SMILES string of the molecule is Cn1c([C@H]2CCCN2Cc2cnc(Cl)s2)nc2c1CCCC2. The number of aromatic nitrogens is 3. The average Bonchev–Trinajstić information content (AvgIpc) is 3.21. The minimum absolute atomic E-state index is 0.441. The van der Waals surface area contributed by atoms with Gasteiger partial charge in [-0.2, -0.15) is 0 Å². The molecule has 0 bridgehead atoms. The van der Waals surface area contributed by atoms with E-state index in [1.54, 1.807) is 11.3 Å². The van der Waals surface area contributed by atoms with Crippen molar-refractivity contribution in [3.63, 3.8) is 0 Å². The smallest absolute Gasteiger partial charge is 0.183 e. The van der Waals surface area contributed by atoms with Crippen molar-refractivity contribution < 1.29 is 0 Å². The summed E-state index contributed by atoms with van der Waals surface area (Å²) < 4.78 is 3.01. The summed E-state index contributed by atoms with van der Waals surface area (Å²) in [5, 5.41) is 0. The van der Waals surface area contributed by atoms with Crippen molar-refractivity contribution in [1.29, 1.82) is 0 Å². The number of imidazole rings is 1. The number of rotatable bonds is 3. The van der Waals surface area contributed by atoms with Crippen LogP contribution in [0.4, 0.5) is 0 Å². The molecule has 118 valence electrons. The monoisotopic (exact) mass is 336 g/mol. The second-order valence-corrected chi connectivity index (χ2v) is 8.03. The Balaban J connectivity index is 1.59. The normalized spacial score (nSPS) is 22.2. The van der Waals surface area contributed by atoms with E-state index in [0.717, 1.165) is 19.5 Å². The maximum absolute atomic E-state index is 5.97. The zero-order valence-corrected chi connectivity index (χ0v) is 14.5. The van der Waals surface area contributed by atoms with Gasteiger partial charge in [0.25, 0.3) is 0 Å². The van der Waals surface area contributed by atoms with Gasteiger partial charge in [-0.1, -0.05) is 11.6 Å². The number of likely N-dealkylation sites (tertiary alicyclic amines) is 1. The highest BCUT2D eigenvalue weighted by Crippen LogP contribution is 2.35. The van der Waals surface area contributed by atoms with Crippen molar-refractivity contribution in [2.75, 3.05) is 6.54 Å². The lowest BCUT2D eigenvalue weighted by molar-refractivity contribution is 0.238. The van der Waals surface area contributed by atoms with Crippen LogP contribution in [0.3, 0.4) is 0 Å². The molecule has 0 spiro atoms. The topological polar surface area (TPSA) is 34.0 Å². The average molecular weight is 337 g/mol. The first-order chi connectivity index (χ1) is 10.7. The summed E-state index contributed by atoms with van der Waals surface area (Å²) >= 11 is 7.55. The Kier molecular flexibility index (Phi) is 3.96. The Morgan fingerprint density at radius 2 is 2.18 bits per heavy atom. The fourth-order valence-electron chi connectivity index (χ4n) is 3.87. The van der Waals surface area contributed by atoms with Crippen LogP contribution in [-0.2, 0) is 26.4 Å². The lowest BCUT2D eigenvalue weighted by Crippen LogP contribution is -2.24. The Morgan fingerprint density at radius 3 is 2.95 bits per heavy atom. The maximum Gasteiger partial charge on any atom is 0.183 e. The first-order valence-electron chi connectivity index (χ1n) is 8.11. The summed E-state index contributed by atoms with van der Waals surface area (Å²) in [5.41, 5.74) is 2.81. The highest BCUT2D eigenvalue weighted by atomic mass is 35.5. The lowest BCUT2D eigenvalue weighted by Gasteiger charge is -2.23. The zero-order chi connectivity index (χ0) is 15.1. The van der Waals surface area contributed by atoms with Gasteiger partial charge in [0.1, 0.15) is 5.82 Å². The Hall–Kier alpha value is -0.910. The lowest BCUT2D eigenvalue weighted by atomic mass is 10.0. The van der Waals surface area contributed by atoms with Crippen molar-refractivity contribution in [1.82, 2.24) is 19.4 Å². The van der Waals surface area contributed by atoms with Crippen molar-refractivity contribution >= 4 is 22.9 Å². The summed E-state index contributed by atoms with van der Waals surface area (Å²) in [6.07, 6.45) is 9.30. The van der Waals surface area contributed by atoms with E-state index in [9.17, 15) is 0 Å². The molecule has 4 nitrogen and oxygen atoms in total. The van der Waals surface area contributed by atoms with Crippen molar-refractivity contribution in [2.24, 2.45) is 7.05 Å². The molecule has 0 radical (unpaired) electrons. The highest BCUT2D eigenvalue weighted by molar-refractivity contribution is 7.15. The second-order valence-electron chi connectivity index (χ2n) is 6.34. The Bertz CT molecular complexity index is 678. The van der Waals surface area contributed by atoms with Crippen molar-refractivity contribution in [3.8, 4) is 0 Å². The van der Waals surface area contributed by atoms with E-state index in [0.29, 0.717) is 10.5 Å². The van der Waals surface area contributed by atoms with E-state index in [-0.39, 0.29) is 0 Å². The largest absolute Gasteiger partial charge is 0.334 e. The van der Waals surface area contributed by atoms with Crippen LogP contribution >= 0.6 is 22.9 Å². The molecule has 2 aliphatic rings. The fourth-order valence-corrected chi connectivity index (χ4v) is 4.87. The number of nitrogens with zero attached hydrogens (tertiary/aromatic N) is 4. The van der Waals surface area contributed by atoms with Crippen molar-refractivity contribution in [2.45, 2.75) is 51.1 Å². The van der Waals surface area contributed by atoms with Crippen LogP contribution in [-0.4, -0.2) is 26.0 Å². The Labute approximate surface area is 140 Å². The summed E-state index contributed by atoms with van der Waals surface area (Å²) in [5.74, 6) is 1.26. The number of aryl methyl sites for hydroxylation is 1. The van der Waals surface area contributed by atoms with Crippen LogP contribution < -0.4 is 0 Å². The molecule has 1 aliphatic carbocycles. The minimum Gasteiger partial charge on any atom is -0.334 e. The third-order valence-corrected chi connectivity index (χ3v) is 6.05. The summed E-state index contributed by atoms with van der Waals surface area (Å²) in [7, 11) is 2.20. The third-order valence-electron chi connectivity index (χ3n) is 4.95. The van der Waals surface area contributed by atoms with Gasteiger partial charge in [0.05, 0.1) is 11.7 Å². The third kappa shape index (κ3) is 2.59. The molecular formula is C16H21ClN4S. The molecule has 0 N–H and O–H groups in total. The van der Waals surface area contributed by atoms with E-state index >= 15 is 0 Å². The van der Waals surface area contributed by atoms with Crippen LogP contribution in [0.1, 0.15) is 53.8 Å². The van der Waals surface area contributed by atoms with E-state index in [1.807, 2.05) is 6.20 Å². The minimum atomic E-state index is 0.441. The number of hydrogen-bond donors (Lipinski definition) is 0. The van der Waals surface area contributed by atoms with E-state index in [2.05, 4.69) is 21.5 Å². The molecule has 1 atom stereocenters. The van der Waals surface area contributed by atoms with E-state index < -0.39 is 0 Å². The molecule has 1 saturated heterocycles. The highest BCUT2D eigenvalue weighted by Gasteiger charge is 2.31. The van der Waals surface area contributed by atoms with Gasteiger partial charge < -0.3 is 4.57 Å². The van der Waals surface area contributed by atoms with Crippen LogP contribution in [0.25, 0.3) is 0 Å². The summed E-state index contributed by atoms with van der Waals surface area (Å²) in [4.78, 5) is 13.0. The van der Waals surface area contributed by atoms with Crippen LogP contribution in [0.15, 0.2) is 6.20 Å². The predicted molar refractivity (Wildman–Crippen MR) is 89.4 cm³/mol. The van der Waals surface area contributed by atoms with Crippen LogP contribution in [0.2, 0.25) is 4.47 Å². The van der Waals surface area contributed by atoms with Gasteiger partial charge in [-0.3, -0.25) is 4.90 Å². The number of halogens is 1. The maximum atomic E-state index is 5.97. The van der Waals surface area contributed by atoms with Gasteiger partial charge >= 0.3 is 0 Å². The standard InChI is InChI=1S/C16H21ClN4S/c1-20-13-6-3-2-5-12(13)19-15(20)14-7-4-8-21(14)10-11-9-18-16(17)22-11/h9,14H,2-8,10H2,1H3/t14-/m1/s1. The first-order valence-corrected chi connectivity index (χ1v) is 9.30. The first kappa shape index (κ1) is 14.7. The van der Waals surface area contributed by atoms with Crippen LogP contribution in [0, 0.1) is 0 Å². The van der Waals surface area contributed by atoms with Gasteiger partial charge in [-0.15, -0.1) is 11.3 Å².